The van der Waals surface area contributed by atoms with Gasteiger partial charge in [0.2, 0.25) is 23.3 Å². The van der Waals surface area contributed by atoms with Gasteiger partial charge in [-0.15, -0.1) is 0 Å². The molecule has 0 spiro atoms. The van der Waals surface area contributed by atoms with Gasteiger partial charge in [-0.3, -0.25) is 0 Å². The number of hydrogen-bond acceptors (Lipinski definition) is 6. The Morgan fingerprint density at radius 1 is 0.340 bits per heavy atom. The summed E-state index contributed by atoms with van der Waals surface area (Å²) in [7, 11) is 0. The van der Waals surface area contributed by atoms with Gasteiger partial charge in [0.1, 0.15) is 0 Å². The quantitative estimate of drug-likeness (QED) is 0.193. The minimum atomic E-state index is 0.423. The van der Waals surface area contributed by atoms with E-state index in [4.69, 9.17) is 30.0 Å². The van der Waals surface area contributed by atoms with Crippen molar-refractivity contribution < 1.29 is 9.15 Å². The van der Waals surface area contributed by atoms with E-state index in [1.54, 1.807) is 0 Å². The standard InChI is InChI=1S/C33H18N8.3C2H6/c1-2-10-19-18(9-1)26-34-27(19)37-31-24-15-7-8-16-25(24)33-39-29-21-12-4-3-11-20(21)28(35-29)38-32-23-14-6-5-13-22(23)30(36-26)40(32)17-41(31)33;3*1-2/h1-16H,17H2;3*1-2H3/q+2;;;. The van der Waals surface area contributed by atoms with Crippen molar-refractivity contribution in [3.63, 3.8) is 0 Å². The Balaban J connectivity index is 0.000000556. The Labute approximate surface area is 275 Å². The highest BCUT2D eigenvalue weighted by atomic mass is 15.3. The van der Waals surface area contributed by atoms with Crippen molar-refractivity contribution in [2.75, 3.05) is 6.67 Å². The SMILES string of the molecule is CC.CC.CC.c1ccc2c(c1)C1=NC2=NC2=[N+]3C[N+]4=C(N=C5N=C(N=C3c3ccccc32)c2ccccc25)c2ccccc2C4=N1. The van der Waals surface area contributed by atoms with Crippen LogP contribution >= 0.6 is 0 Å². The highest BCUT2D eigenvalue weighted by Crippen LogP contribution is 2.31. The van der Waals surface area contributed by atoms with Gasteiger partial charge in [-0.2, -0.15) is 19.1 Å². The Kier molecular flexibility index (Phi) is 7.77. The van der Waals surface area contributed by atoms with Crippen LogP contribution in [-0.4, -0.2) is 62.5 Å². The van der Waals surface area contributed by atoms with Crippen molar-refractivity contribution in [1.82, 2.24) is 0 Å². The first-order valence-electron chi connectivity index (χ1n) is 16.5. The predicted octanol–water partition coefficient (Wildman–Crippen LogP) is 6.90. The van der Waals surface area contributed by atoms with Crippen molar-refractivity contribution in [2.45, 2.75) is 41.5 Å². The number of nitrogens with zero attached hydrogens (tertiary/aromatic N) is 8. The van der Waals surface area contributed by atoms with Crippen LogP contribution in [0.1, 0.15) is 86.1 Å². The highest BCUT2D eigenvalue weighted by molar-refractivity contribution is 6.32. The maximum Gasteiger partial charge on any atom is 0.276 e. The van der Waals surface area contributed by atoms with Gasteiger partial charge in [0.05, 0.1) is 22.3 Å². The molecule has 0 unspecified atom stereocenters. The number of fused-ring (bicyclic) bond motifs is 14. The zero-order chi connectivity index (χ0) is 32.7. The van der Waals surface area contributed by atoms with E-state index in [9.17, 15) is 0 Å². The second-order valence-corrected chi connectivity index (χ2v) is 10.4. The molecular formula is C39H36N8+2. The molecule has 0 aromatic heterocycles. The maximum absolute atomic E-state index is 5.22. The van der Waals surface area contributed by atoms with Crippen LogP contribution in [0.3, 0.4) is 0 Å². The number of hydrogen-bond donors (Lipinski definition) is 0. The summed E-state index contributed by atoms with van der Waals surface area (Å²) in [6.07, 6.45) is 0. The van der Waals surface area contributed by atoms with Crippen LogP contribution in [-0.2, 0) is 0 Å². The predicted molar refractivity (Wildman–Crippen MR) is 193 cm³/mol. The molecule has 0 saturated carbocycles. The Hall–Kier alpha value is -5.76. The van der Waals surface area contributed by atoms with Crippen molar-refractivity contribution in [2.24, 2.45) is 30.0 Å². The Morgan fingerprint density at radius 2 is 0.617 bits per heavy atom. The van der Waals surface area contributed by atoms with Gasteiger partial charge in [-0.25, -0.2) is 0 Å². The lowest BCUT2D eigenvalue weighted by Gasteiger charge is -2.09. The fourth-order valence-electron chi connectivity index (χ4n) is 6.35. The van der Waals surface area contributed by atoms with E-state index >= 15 is 0 Å². The normalized spacial score (nSPS) is 16.4. The first-order chi connectivity index (χ1) is 23.3. The van der Waals surface area contributed by atoms with Crippen molar-refractivity contribution in [3.8, 4) is 0 Å². The van der Waals surface area contributed by atoms with Crippen LogP contribution in [0.4, 0.5) is 0 Å². The molecule has 230 valence electrons. The molecule has 0 radical (unpaired) electrons. The molecule has 0 fully saturated rings. The molecule has 6 bridgehead atoms. The Morgan fingerprint density at radius 3 is 0.957 bits per heavy atom. The molecule has 8 nitrogen and oxygen atoms in total. The summed E-state index contributed by atoms with van der Waals surface area (Å²) in [6.45, 7) is 12.4. The van der Waals surface area contributed by atoms with Gasteiger partial charge in [0, 0.05) is 22.3 Å². The van der Waals surface area contributed by atoms with E-state index in [2.05, 4.69) is 57.7 Å². The van der Waals surface area contributed by atoms with Gasteiger partial charge < -0.3 is 0 Å². The van der Waals surface area contributed by atoms with E-state index in [1.807, 2.05) is 90.1 Å². The molecular weight excluding hydrogens is 580 g/mol. The lowest BCUT2D eigenvalue weighted by Crippen LogP contribution is -2.35. The lowest BCUT2D eigenvalue weighted by molar-refractivity contribution is -0.621. The van der Waals surface area contributed by atoms with Gasteiger partial charge in [-0.05, 0) is 48.5 Å². The summed E-state index contributed by atoms with van der Waals surface area (Å²) in [4.78, 5) is 30.9. The zero-order valence-corrected chi connectivity index (χ0v) is 27.5. The molecule has 0 atom stereocenters. The van der Waals surface area contributed by atoms with Gasteiger partial charge in [0.25, 0.3) is 23.3 Å². The molecule has 4 aromatic rings. The summed E-state index contributed by atoms with van der Waals surface area (Å²) in [5.74, 6) is 5.77. The van der Waals surface area contributed by atoms with Crippen LogP contribution in [0.15, 0.2) is 127 Å². The van der Waals surface area contributed by atoms with Crippen molar-refractivity contribution in [1.29, 1.82) is 0 Å². The number of rotatable bonds is 0. The average molecular weight is 617 g/mol. The second-order valence-electron chi connectivity index (χ2n) is 10.4. The third kappa shape index (κ3) is 4.51. The van der Waals surface area contributed by atoms with Crippen LogP contribution in [0.5, 0.6) is 0 Å². The molecule has 10 rings (SSSR count). The molecule has 0 amide bonds. The monoisotopic (exact) mass is 616 g/mol. The van der Waals surface area contributed by atoms with Gasteiger partial charge >= 0.3 is 0 Å². The molecule has 6 aliphatic rings. The third-order valence-corrected chi connectivity index (χ3v) is 8.21. The summed E-state index contributed by atoms with van der Waals surface area (Å²) in [6, 6.07) is 32.9. The van der Waals surface area contributed by atoms with E-state index in [1.165, 1.54) is 0 Å². The molecule has 0 saturated heterocycles. The minimum absolute atomic E-state index is 0.423. The highest BCUT2D eigenvalue weighted by Gasteiger charge is 2.44. The fourth-order valence-corrected chi connectivity index (χ4v) is 6.35. The molecule has 6 heterocycles. The number of benzene rings is 4. The van der Waals surface area contributed by atoms with Gasteiger partial charge in [-0.1, -0.05) is 110 Å². The molecule has 0 N–H and O–H groups in total. The van der Waals surface area contributed by atoms with Gasteiger partial charge in [0.15, 0.2) is 6.67 Å². The van der Waals surface area contributed by atoms with Crippen LogP contribution in [0.25, 0.3) is 0 Å². The smallest absolute Gasteiger partial charge is 0.194 e. The average Bonchev–Trinajstić information content (AvgIpc) is 3.85. The lowest BCUT2D eigenvalue weighted by atomic mass is 10.1. The molecule has 6 aliphatic heterocycles. The van der Waals surface area contributed by atoms with Crippen LogP contribution < -0.4 is 0 Å². The number of amidine groups is 8. The zero-order valence-electron chi connectivity index (χ0n) is 27.5. The molecule has 4 aromatic carbocycles. The summed E-state index contributed by atoms with van der Waals surface area (Å²) in [5, 5.41) is 0. The topological polar surface area (TPSA) is 80.2 Å². The summed E-state index contributed by atoms with van der Waals surface area (Å²) >= 11 is 0. The van der Waals surface area contributed by atoms with E-state index in [0.717, 1.165) is 67.9 Å². The van der Waals surface area contributed by atoms with Crippen molar-refractivity contribution >= 4 is 46.7 Å². The third-order valence-electron chi connectivity index (χ3n) is 8.21. The summed E-state index contributed by atoms with van der Waals surface area (Å²) in [5.41, 5.74) is 7.88. The van der Waals surface area contributed by atoms with E-state index in [0.29, 0.717) is 30.0 Å². The van der Waals surface area contributed by atoms with E-state index in [-0.39, 0.29) is 0 Å². The van der Waals surface area contributed by atoms with Crippen molar-refractivity contribution in [3.05, 3.63) is 142 Å². The van der Waals surface area contributed by atoms with E-state index < -0.39 is 0 Å². The largest absolute Gasteiger partial charge is 0.276 e. The van der Waals surface area contributed by atoms with Crippen LogP contribution in [0.2, 0.25) is 0 Å². The first kappa shape index (κ1) is 29.9. The molecule has 8 heteroatoms. The Bertz CT molecular complexity index is 2070. The summed E-state index contributed by atoms with van der Waals surface area (Å²) < 4.78 is 4.31. The fraction of sp³-hybridized carbons (Fsp3) is 0.179. The van der Waals surface area contributed by atoms with Crippen LogP contribution in [0, 0.1) is 0 Å². The first-order valence-corrected chi connectivity index (χ1v) is 16.5. The molecule has 0 aliphatic carbocycles. The maximum atomic E-state index is 5.22. The second kappa shape index (κ2) is 12.2. The number of aliphatic imine (C=N–C) groups is 6. The molecule has 47 heavy (non-hydrogen) atoms. The minimum Gasteiger partial charge on any atom is -0.194 e.